The molecule has 2 nitrogen and oxygen atoms in total. The number of aromatic amines is 1. The molecule has 0 atom stereocenters. The summed E-state index contributed by atoms with van der Waals surface area (Å²) >= 11 is 1.92. The van der Waals surface area contributed by atoms with Gasteiger partial charge in [-0.2, -0.15) is 0 Å². The summed E-state index contributed by atoms with van der Waals surface area (Å²) < 4.78 is 0. The van der Waals surface area contributed by atoms with Gasteiger partial charge in [0.1, 0.15) is 0 Å². The fourth-order valence-corrected chi connectivity index (χ4v) is 2.87. The van der Waals surface area contributed by atoms with Gasteiger partial charge in [-0.3, -0.25) is 0 Å². The van der Waals surface area contributed by atoms with E-state index in [4.69, 9.17) is 0 Å². The highest BCUT2D eigenvalue weighted by Crippen LogP contribution is 2.23. The van der Waals surface area contributed by atoms with Crippen molar-refractivity contribution >= 4 is 22.7 Å². The van der Waals surface area contributed by atoms with Gasteiger partial charge in [0, 0.05) is 22.7 Å². The van der Waals surface area contributed by atoms with E-state index in [1.807, 2.05) is 11.8 Å². The van der Waals surface area contributed by atoms with Crippen LogP contribution >= 0.6 is 11.8 Å². The smallest absolute Gasteiger partial charge is 0.0732 e. The third kappa shape index (κ3) is 3.05. The van der Waals surface area contributed by atoms with Crippen molar-refractivity contribution in [3.05, 3.63) is 30.3 Å². The van der Waals surface area contributed by atoms with Crippen LogP contribution in [0.25, 0.3) is 10.9 Å². The predicted octanol–water partition coefficient (Wildman–Crippen LogP) is 3.40. The molecule has 2 N–H and O–H groups in total. The first kappa shape index (κ1) is 11.2. The SMILES string of the molecule is c1ccc2[nH]c(SCCCNC3CC3)cc2c1. The van der Waals surface area contributed by atoms with E-state index >= 15 is 0 Å². The molecule has 1 fully saturated rings. The first-order valence-corrected chi connectivity index (χ1v) is 7.34. The Hall–Kier alpha value is -0.930. The van der Waals surface area contributed by atoms with Crippen LogP contribution in [-0.4, -0.2) is 23.3 Å². The second-order valence-electron chi connectivity index (χ2n) is 4.65. The highest BCUT2D eigenvalue weighted by atomic mass is 32.2. The molecule has 3 rings (SSSR count). The average molecular weight is 246 g/mol. The van der Waals surface area contributed by atoms with Crippen LogP contribution in [0.1, 0.15) is 19.3 Å². The van der Waals surface area contributed by atoms with E-state index in [0.29, 0.717) is 0 Å². The minimum atomic E-state index is 0.841. The number of para-hydroxylation sites is 1. The zero-order valence-electron chi connectivity index (χ0n) is 9.91. The maximum atomic E-state index is 3.55. The van der Waals surface area contributed by atoms with Gasteiger partial charge in [0.25, 0.3) is 0 Å². The molecule has 3 heteroatoms. The molecule has 1 heterocycles. The monoisotopic (exact) mass is 246 g/mol. The highest BCUT2D eigenvalue weighted by Gasteiger charge is 2.19. The summed E-state index contributed by atoms with van der Waals surface area (Å²) in [5.41, 5.74) is 1.24. The van der Waals surface area contributed by atoms with Gasteiger partial charge in [-0.25, -0.2) is 0 Å². The number of benzene rings is 1. The number of H-pyrrole nitrogens is 1. The topological polar surface area (TPSA) is 27.8 Å². The molecule has 1 aliphatic rings. The van der Waals surface area contributed by atoms with Crippen molar-refractivity contribution in [2.75, 3.05) is 12.3 Å². The minimum absolute atomic E-state index is 0.841. The summed E-state index contributed by atoms with van der Waals surface area (Å²) in [6.45, 7) is 1.16. The zero-order valence-corrected chi connectivity index (χ0v) is 10.7. The van der Waals surface area contributed by atoms with E-state index in [2.05, 4.69) is 40.6 Å². The second kappa shape index (κ2) is 5.15. The summed E-state index contributed by atoms with van der Waals surface area (Å²) in [6.07, 6.45) is 4.01. The van der Waals surface area contributed by atoms with Gasteiger partial charge in [0.15, 0.2) is 0 Å². The summed E-state index contributed by atoms with van der Waals surface area (Å²) in [4.78, 5) is 3.45. The van der Waals surface area contributed by atoms with E-state index in [-0.39, 0.29) is 0 Å². The Kier molecular flexibility index (Phi) is 3.39. The van der Waals surface area contributed by atoms with Crippen LogP contribution in [0, 0.1) is 0 Å². The van der Waals surface area contributed by atoms with Crippen molar-refractivity contribution in [1.82, 2.24) is 10.3 Å². The predicted molar refractivity (Wildman–Crippen MR) is 74.7 cm³/mol. The number of fused-ring (bicyclic) bond motifs is 1. The van der Waals surface area contributed by atoms with Gasteiger partial charge in [0.05, 0.1) is 5.03 Å². The maximum absolute atomic E-state index is 3.55. The molecule has 1 aliphatic carbocycles. The van der Waals surface area contributed by atoms with E-state index in [1.54, 1.807) is 0 Å². The molecule has 1 aromatic heterocycles. The molecular formula is C14H18N2S. The molecule has 1 aromatic carbocycles. The molecule has 0 bridgehead atoms. The highest BCUT2D eigenvalue weighted by molar-refractivity contribution is 7.99. The lowest BCUT2D eigenvalue weighted by atomic mass is 10.3. The van der Waals surface area contributed by atoms with Crippen LogP contribution in [0.3, 0.4) is 0 Å². The van der Waals surface area contributed by atoms with Gasteiger partial charge < -0.3 is 10.3 Å². The fraction of sp³-hybridized carbons (Fsp3) is 0.429. The molecule has 1 saturated carbocycles. The molecule has 0 radical (unpaired) electrons. The van der Waals surface area contributed by atoms with Crippen LogP contribution < -0.4 is 5.32 Å². The fourth-order valence-electron chi connectivity index (χ4n) is 1.97. The van der Waals surface area contributed by atoms with E-state index in [0.717, 1.165) is 12.6 Å². The minimum Gasteiger partial charge on any atom is -0.350 e. The van der Waals surface area contributed by atoms with Crippen LogP contribution in [-0.2, 0) is 0 Å². The molecule has 0 saturated heterocycles. The number of hydrogen-bond acceptors (Lipinski definition) is 2. The number of rotatable bonds is 6. The molecular weight excluding hydrogens is 228 g/mol. The molecule has 0 amide bonds. The lowest BCUT2D eigenvalue weighted by Gasteiger charge is -2.01. The van der Waals surface area contributed by atoms with Crippen LogP contribution in [0.15, 0.2) is 35.4 Å². The molecule has 2 aromatic rings. The Morgan fingerprint density at radius 2 is 2.18 bits per heavy atom. The van der Waals surface area contributed by atoms with E-state index in [1.165, 1.54) is 40.9 Å². The summed E-state index contributed by atoms with van der Waals surface area (Å²) in [5.74, 6) is 1.19. The van der Waals surface area contributed by atoms with Crippen molar-refractivity contribution in [3.8, 4) is 0 Å². The number of hydrogen-bond donors (Lipinski definition) is 2. The number of thioether (sulfide) groups is 1. The Morgan fingerprint density at radius 1 is 1.29 bits per heavy atom. The maximum Gasteiger partial charge on any atom is 0.0732 e. The molecule has 0 unspecified atom stereocenters. The Bertz CT molecular complexity index is 455. The standard InChI is InChI=1S/C14H18N2S/c1-2-5-13-11(4-1)10-14(16-13)17-9-3-8-15-12-6-7-12/h1-2,4-5,10,12,15-16H,3,6-9H2. The lowest BCUT2D eigenvalue weighted by molar-refractivity contribution is 0.674. The average Bonchev–Trinajstić information content (AvgIpc) is 3.07. The first-order valence-electron chi connectivity index (χ1n) is 6.36. The third-order valence-corrected chi connectivity index (χ3v) is 4.12. The van der Waals surface area contributed by atoms with Crippen molar-refractivity contribution in [2.45, 2.75) is 30.3 Å². The van der Waals surface area contributed by atoms with Crippen LogP contribution in [0.4, 0.5) is 0 Å². The van der Waals surface area contributed by atoms with Crippen LogP contribution in [0.5, 0.6) is 0 Å². The van der Waals surface area contributed by atoms with Gasteiger partial charge in [0.2, 0.25) is 0 Å². The molecule has 17 heavy (non-hydrogen) atoms. The number of nitrogens with one attached hydrogen (secondary N) is 2. The van der Waals surface area contributed by atoms with Crippen molar-refractivity contribution in [2.24, 2.45) is 0 Å². The zero-order chi connectivity index (χ0) is 11.5. The van der Waals surface area contributed by atoms with Gasteiger partial charge in [-0.1, -0.05) is 18.2 Å². The Morgan fingerprint density at radius 3 is 3.00 bits per heavy atom. The van der Waals surface area contributed by atoms with E-state index < -0.39 is 0 Å². The summed E-state index contributed by atoms with van der Waals surface area (Å²) in [5, 5.41) is 6.15. The van der Waals surface area contributed by atoms with E-state index in [9.17, 15) is 0 Å². The van der Waals surface area contributed by atoms with Gasteiger partial charge in [-0.15, -0.1) is 11.8 Å². The largest absolute Gasteiger partial charge is 0.350 e. The van der Waals surface area contributed by atoms with Gasteiger partial charge >= 0.3 is 0 Å². The normalized spacial score (nSPS) is 15.5. The van der Waals surface area contributed by atoms with Crippen molar-refractivity contribution in [3.63, 3.8) is 0 Å². The van der Waals surface area contributed by atoms with Gasteiger partial charge in [-0.05, 0) is 37.9 Å². The quantitative estimate of drug-likeness (QED) is 0.604. The van der Waals surface area contributed by atoms with Crippen molar-refractivity contribution < 1.29 is 0 Å². The second-order valence-corrected chi connectivity index (χ2v) is 5.79. The number of aromatic nitrogens is 1. The first-order chi connectivity index (χ1) is 8.42. The lowest BCUT2D eigenvalue weighted by Crippen LogP contribution is -2.17. The van der Waals surface area contributed by atoms with Crippen LogP contribution in [0.2, 0.25) is 0 Å². The third-order valence-electron chi connectivity index (χ3n) is 3.09. The summed E-state index contributed by atoms with van der Waals surface area (Å²) in [6, 6.07) is 11.5. The molecule has 0 spiro atoms. The molecule has 90 valence electrons. The Labute approximate surface area is 106 Å². The molecule has 0 aliphatic heterocycles. The summed E-state index contributed by atoms with van der Waals surface area (Å²) in [7, 11) is 0. The van der Waals surface area contributed by atoms with Crippen molar-refractivity contribution in [1.29, 1.82) is 0 Å². The Balaban J connectivity index is 1.46.